The Morgan fingerprint density at radius 2 is 1.97 bits per heavy atom. The van der Waals surface area contributed by atoms with Crippen LogP contribution in [0.3, 0.4) is 0 Å². The van der Waals surface area contributed by atoms with Gasteiger partial charge in [-0.3, -0.25) is 9.48 Å². The maximum absolute atomic E-state index is 13.2. The number of hydrogen-bond donors (Lipinski definition) is 1. The summed E-state index contributed by atoms with van der Waals surface area (Å²) in [5, 5.41) is 9.71. The van der Waals surface area contributed by atoms with Crippen molar-refractivity contribution in [3.63, 3.8) is 0 Å². The number of rotatable bonds is 5. The lowest BCUT2D eigenvalue weighted by atomic mass is 10.1. The van der Waals surface area contributed by atoms with Crippen LogP contribution in [0.2, 0.25) is 0 Å². The van der Waals surface area contributed by atoms with Gasteiger partial charge in [-0.25, -0.2) is 9.78 Å². The van der Waals surface area contributed by atoms with Gasteiger partial charge in [-0.05, 0) is 43.5 Å². The summed E-state index contributed by atoms with van der Waals surface area (Å²) in [6, 6.07) is 10.7. The van der Waals surface area contributed by atoms with Crippen molar-refractivity contribution in [2.45, 2.75) is 20.0 Å². The SMILES string of the molecule is Cc1nn(C)c2nc(-c3cccs3)cc(C(=O)OC(C)C(=O)Nc3ccc4c(c3)OCCO4)c12. The summed E-state index contributed by atoms with van der Waals surface area (Å²) >= 11 is 1.52. The molecule has 3 aromatic heterocycles. The number of hydrogen-bond acceptors (Lipinski definition) is 8. The van der Waals surface area contributed by atoms with Crippen molar-refractivity contribution in [3.05, 3.63) is 53.0 Å². The van der Waals surface area contributed by atoms with Gasteiger partial charge in [0.15, 0.2) is 23.3 Å². The maximum Gasteiger partial charge on any atom is 0.339 e. The molecule has 1 aliphatic rings. The topological polar surface area (TPSA) is 105 Å². The number of carbonyl (C=O) groups excluding carboxylic acids is 2. The molecule has 174 valence electrons. The molecule has 1 amide bonds. The third-order valence-corrected chi connectivity index (χ3v) is 6.32. The summed E-state index contributed by atoms with van der Waals surface area (Å²) in [7, 11) is 1.78. The minimum Gasteiger partial charge on any atom is -0.486 e. The Kier molecular flexibility index (Phi) is 5.66. The first-order chi connectivity index (χ1) is 16.4. The highest BCUT2D eigenvalue weighted by atomic mass is 32.1. The molecule has 1 unspecified atom stereocenters. The molecule has 34 heavy (non-hydrogen) atoms. The second-order valence-electron chi connectivity index (χ2n) is 7.84. The van der Waals surface area contributed by atoms with E-state index in [1.54, 1.807) is 36.0 Å². The fourth-order valence-electron chi connectivity index (χ4n) is 3.80. The number of thiophene rings is 1. The van der Waals surface area contributed by atoms with Gasteiger partial charge < -0.3 is 19.5 Å². The molecule has 4 heterocycles. The van der Waals surface area contributed by atoms with Crippen molar-refractivity contribution in [1.82, 2.24) is 14.8 Å². The van der Waals surface area contributed by atoms with Gasteiger partial charge in [-0.2, -0.15) is 5.10 Å². The Bertz CT molecular complexity index is 1400. The molecule has 1 atom stereocenters. The molecule has 1 N–H and O–H groups in total. The Hall–Kier alpha value is -3.92. The van der Waals surface area contributed by atoms with Crippen LogP contribution in [0.15, 0.2) is 41.8 Å². The number of aryl methyl sites for hydroxylation is 2. The number of aromatic nitrogens is 3. The number of nitrogens with one attached hydrogen (secondary N) is 1. The third kappa shape index (κ3) is 4.08. The lowest BCUT2D eigenvalue weighted by Gasteiger charge is -2.19. The van der Waals surface area contributed by atoms with Gasteiger partial charge >= 0.3 is 5.97 Å². The second-order valence-corrected chi connectivity index (χ2v) is 8.78. The summed E-state index contributed by atoms with van der Waals surface area (Å²) in [5.74, 6) is 0.0997. The zero-order valence-electron chi connectivity index (χ0n) is 18.8. The van der Waals surface area contributed by atoms with E-state index in [9.17, 15) is 9.59 Å². The molecule has 10 heteroatoms. The quantitative estimate of drug-likeness (QED) is 0.433. The molecule has 0 radical (unpaired) electrons. The summed E-state index contributed by atoms with van der Waals surface area (Å²) in [6.45, 7) is 4.27. The van der Waals surface area contributed by atoms with Crippen molar-refractivity contribution in [2.24, 2.45) is 7.05 Å². The van der Waals surface area contributed by atoms with E-state index in [-0.39, 0.29) is 0 Å². The van der Waals surface area contributed by atoms with E-state index in [0.29, 0.717) is 58.4 Å². The van der Waals surface area contributed by atoms with Crippen molar-refractivity contribution in [1.29, 1.82) is 0 Å². The minimum absolute atomic E-state index is 0.318. The lowest BCUT2D eigenvalue weighted by molar-refractivity contribution is -0.123. The highest BCUT2D eigenvalue weighted by Gasteiger charge is 2.25. The molecule has 0 saturated heterocycles. The molecule has 0 spiro atoms. The molecule has 9 nitrogen and oxygen atoms in total. The fraction of sp³-hybridized carbons (Fsp3) is 0.250. The van der Waals surface area contributed by atoms with Crippen molar-refractivity contribution >= 4 is 39.9 Å². The zero-order chi connectivity index (χ0) is 23.8. The van der Waals surface area contributed by atoms with Crippen molar-refractivity contribution < 1.29 is 23.8 Å². The predicted molar refractivity (Wildman–Crippen MR) is 127 cm³/mol. The van der Waals surface area contributed by atoms with Crippen LogP contribution in [0.25, 0.3) is 21.6 Å². The van der Waals surface area contributed by atoms with Crippen molar-refractivity contribution in [2.75, 3.05) is 18.5 Å². The Morgan fingerprint density at radius 3 is 2.74 bits per heavy atom. The average Bonchev–Trinajstić information content (AvgIpc) is 3.47. The van der Waals surface area contributed by atoms with Gasteiger partial charge in [0.2, 0.25) is 0 Å². The van der Waals surface area contributed by atoms with Crippen LogP contribution in [-0.2, 0) is 16.6 Å². The Balaban J connectivity index is 1.38. The van der Waals surface area contributed by atoms with E-state index >= 15 is 0 Å². The number of benzene rings is 1. The first-order valence-electron chi connectivity index (χ1n) is 10.7. The second kappa shape index (κ2) is 8.79. The average molecular weight is 479 g/mol. The van der Waals surface area contributed by atoms with Gasteiger partial charge in [0, 0.05) is 18.8 Å². The molecule has 4 aromatic rings. The van der Waals surface area contributed by atoms with Crippen LogP contribution >= 0.6 is 11.3 Å². The van der Waals surface area contributed by atoms with E-state index in [1.165, 1.54) is 18.3 Å². The molecule has 5 rings (SSSR count). The monoisotopic (exact) mass is 478 g/mol. The van der Waals surface area contributed by atoms with Gasteiger partial charge in [0.1, 0.15) is 13.2 Å². The van der Waals surface area contributed by atoms with E-state index in [2.05, 4.69) is 15.4 Å². The molecule has 1 aliphatic heterocycles. The zero-order valence-corrected chi connectivity index (χ0v) is 19.6. The number of pyridine rings is 1. The summed E-state index contributed by atoms with van der Waals surface area (Å²) < 4.78 is 18.2. The first kappa shape index (κ1) is 21.9. The summed E-state index contributed by atoms with van der Waals surface area (Å²) in [4.78, 5) is 31.6. The first-order valence-corrected chi connectivity index (χ1v) is 11.6. The molecule has 0 fully saturated rings. The highest BCUT2D eigenvalue weighted by Crippen LogP contribution is 2.33. The van der Waals surface area contributed by atoms with Crippen molar-refractivity contribution in [3.8, 4) is 22.1 Å². The number of fused-ring (bicyclic) bond motifs is 2. The van der Waals surface area contributed by atoms with E-state index in [4.69, 9.17) is 14.2 Å². The highest BCUT2D eigenvalue weighted by molar-refractivity contribution is 7.13. The van der Waals surface area contributed by atoms with E-state index in [0.717, 1.165) is 4.88 Å². The number of esters is 1. The lowest BCUT2D eigenvalue weighted by Crippen LogP contribution is -2.30. The van der Waals surface area contributed by atoms with Crippen LogP contribution in [-0.4, -0.2) is 46.0 Å². The van der Waals surface area contributed by atoms with E-state index in [1.807, 2.05) is 24.4 Å². The summed E-state index contributed by atoms with van der Waals surface area (Å²) in [5.41, 5.74) is 2.71. The number of carbonyl (C=O) groups is 2. The predicted octanol–water partition coefficient (Wildman–Crippen LogP) is 3.96. The van der Waals surface area contributed by atoms with Gasteiger partial charge in [0.25, 0.3) is 5.91 Å². The van der Waals surface area contributed by atoms with Crippen LogP contribution in [0.5, 0.6) is 11.5 Å². The van der Waals surface area contributed by atoms with Gasteiger partial charge in [-0.1, -0.05) is 6.07 Å². The molecule has 1 aromatic carbocycles. The minimum atomic E-state index is -1.04. The van der Waals surface area contributed by atoms with Crippen LogP contribution in [0.1, 0.15) is 23.0 Å². The Morgan fingerprint density at radius 1 is 1.18 bits per heavy atom. The van der Waals surface area contributed by atoms with Gasteiger partial charge in [-0.15, -0.1) is 11.3 Å². The number of ether oxygens (including phenoxy) is 3. The van der Waals surface area contributed by atoms with Crippen LogP contribution < -0.4 is 14.8 Å². The standard InChI is InChI=1S/C24H22N4O5S/c1-13-21-16(12-17(20-5-4-10-34-20)26-22(21)28(3)27-13)24(30)33-14(2)23(29)25-15-6-7-18-19(11-15)32-9-8-31-18/h4-7,10-12,14H,8-9H2,1-3H3,(H,25,29). The third-order valence-electron chi connectivity index (χ3n) is 5.42. The van der Waals surface area contributed by atoms with Gasteiger partial charge in [0.05, 0.1) is 27.2 Å². The molecule has 0 saturated carbocycles. The largest absolute Gasteiger partial charge is 0.486 e. The summed E-state index contributed by atoms with van der Waals surface area (Å²) in [6.07, 6.45) is -1.04. The molecular formula is C24H22N4O5S. The smallest absolute Gasteiger partial charge is 0.339 e. The number of amides is 1. The molecule has 0 aliphatic carbocycles. The fourth-order valence-corrected chi connectivity index (χ4v) is 4.49. The number of nitrogens with zero attached hydrogens (tertiary/aromatic N) is 3. The van der Waals surface area contributed by atoms with Crippen LogP contribution in [0.4, 0.5) is 5.69 Å². The molecular weight excluding hydrogens is 456 g/mol. The normalized spacial score (nSPS) is 13.5. The van der Waals surface area contributed by atoms with Crippen LogP contribution in [0, 0.1) is 6.92 Å². The number of anilines is 1. The van der Waals surface area contributed by atoms with E-state index < -0.39 is 18.0 Å². The molecule has 0 bridgehead atoms. The maximum atomic E-state index is 13.2. The Labute approximate surface area is 199 Å².